The maximum atomic E-state index is 12.9. The molecule has 4 nitrogen and oxygen atoms in total. The topological polar surface area (TPSA) is 46.9 Å². The van der Waals surface area contributed by atoms with E-state index in [1.165, 1.54) is 12.1 Å². The lowest BCUT2D eigenvalue weighted by molar-refractivity contribution is -0.137. The minimum Gasteiger partial charge on any atom is -0.310 e. The van der Waals surface area contributed by atoms with Crippen LogP contribution in [0.15, 0.2) is 35.4 Å². The van der Waals surface area contributed by atoms with Gasteiger partial charge in [-0.2, -0.15) is 13.2 Å². The summed E-state index contributed by atoms with van der Waals surface area (Å²) in [5, 5.41) is 4.15. The zero-order valence-electron chi connectivity index (χ0n) is 16.8. The number of rotatable bonds is 6. The first-order valence-electron chi connectivity index (χ1n) is 10.3. The average molecular weight is 436 g/mol. The lowest BCUT2D eigenvalue weighted by Crippen LogP contribution is -2.34. The molecule has 0 fully saturated rings. The van der Waals surface area contributed by atoms with Crippen LogP contribution in [0.3, 0.4) is 0 Å². The molecule has 8 heteroatoms. The van der Waals surface area contributed by atoms with E-state index in [9.17, 15) is 18.0 Å². The van der Waals surface area contributed by atoms with Gasteiger partial charge in [-0.1, -0.05) is 31.5 Å². The van der Waals surface area contributed by atoms with Crippen LogP contribution in [-0.4, -0.2) is 15.6 Å². The largest absolute Gasteiger partial charge is 0.416 e. The van der Waals surface area contributed by atoms with Gasteiger partial charge in [-0.05, 0) is 42.9 Å². The quantitative estimate of drug-likeness (QED) is 0.598. The Hall–Kier alpha value is -2.19. The van der Waals surface area contributed by atoms with Crippen LogP contribution in [-0.2, 0) is 32.1 Å². The number of aryl methyl sites for hydroxylation is 2. The molecule has 0 radical (unpaired) electrons. The number of nitrogens with zero attached hydrogens (tertiary/aromatic N) is 2. The minimum atomic E-state index is -4.33. The lowest BCUT2D eigenvalue weighted by Gasteiger charge is -2.23. The summed E-state index contributed by atoms with van der Waals surface area (Å²) in [6, 6.07) is 5.61. The van der Waals surface area contributed by atoms with Crippen molar-refractivity contribution >= 4 is 21.6 Å². The number of halogens is 3. The number of hydrogen-bond acceptors (Lipinski definition) is 4. The lowest BCUT2D eigenvalue weighted by atomic mass is 9.93. The van der Waals surface area contributed by atoms with Crippen LogP contribution in [0.4, 0.5) is 13.2 Å². The van der Waals surface area contributed by atoms with Crippen molar-refractivity contribution in [3.63, 3.8) is 0 Å². The van der Waals surface area contributed by atoms with Gasteiger partial charge < -0.3 is 5.32 Å². The van der Waals surface area contributed by atoms with Gasteiger partial charge in [-0.15, -0.1) is 11.3 Å². The number of thiophene rings is 1. The van der Waals surface area contributed by atoms with Crippen LogP contribution in [0, 0.1) is 0 Å². The van der Waals surface area contributed by atoms with Gasteiger partial charge in [0.15, 0.2) is 0 Å². The second-order valence-corrected chi connectivity index (χ2v) is 8.88. The number of hydrogen-bond donors (Lipinski definition) is 1. The van der Waals surface area contributed by atoms with E-state index in [0.29, 0.717) is 18.7 Å². The van der Waals surface area contributed by atoms with Crippen LogP contribution < -0.4 is 10.9 Å². The fourth-order valence-corrected chi connectivity index (χ4v) is 5.24. The van der Waals surface area contributed by atoms with Gasteiger partial charge in [0.05, 0.1) is 17.3 Å². The van der Waals surface area contributed by atoms with Gasteiger partial charge in [-0.3, -0.25) is 9.36 Å². The van der Waals surface area contributed by atoms with Gasteiger partial charge >= 0.3 is 6.18 Å². The summed E-state index contributed by atoms with van der Waals surface area (Å²) < 4.78 is 40.4. The van der Waals surface area contributed by atoms with E-state index in [1.807, 2.05) is 0 Å². The summed E-state index contributed by atoms with van der Waals surface area (Å²) in [6.07, 6.45) is 1.68. The Morgan fingerprint density at radius 3 is 2.93 bits per heavy atom. The maximum Gasteiger partial charge on any atom is 0.416 e. The van der Waals surface area contributed by atoms with E-state index < -0.39 is 11.7 Å². The van der Waals surface area contributed by atoms with Crippen molar-refractivity contribution in [3.05, 3.63) is 62.5 Å². The molecule has 1 aliphatic rings. The van der Waals surface area contributed by atoms with E-state index in [0.717, 1.165) is 58.8 Å². The first kappa shape index (κ1) is 21.1. The Balaban J connectivity index is 1.48. The normalized spacial score (nSPS) is 16.7. The van der Waals surface area contributed by atoms with Crippen LogP contribution in [0.25, 0.3) is 10.2 Å². The molecular weight excluding hydrogens is 411 g/mol. The number of benzene rings is 1. The first-order chi connectivity index (χ1) is 14.4. The zero-order chi connectivity index (χ0) is 21.3. The molecule has 2 aromatic heterocycles. The second-order valence-electron chi connectivity index (χ2n) is 7.80. The Morgan fingerprint density at radius 1 is 1.33 bits per heavy atom. The number of unbranched alkanes of at least 4 members (excludes halogenated alkanes) is 1. The molecule has 4 rings (SSSR count). The molecular formula is C22H24F3N3OS. The van der Waals surface area contributed by atoms with Crippen molar-refractivity contribution < 1.29 is 13.2 Å². The molecule has 0 amide bonds. The van der Waals surface area contributed by atoms with Crippen LogP contribution in [0.5, 0.6) is 0 Å². The summed E-state index contributed by atoms with van der Waals surface area (Å²) in [4.78, 5) is 19.4. The Kier molecular flexibility index (Phi) is 5.97. The van der Waals surface area contributed by atoms with Crippen molar-refractivity contribution in [1.29, 1.82) is 0 Å². The van der Waals surface area contributed by atoms with Crippen LogP contribution in [0.2, 0.25) is 0 Å². The molecule has 1 aromatic carbocycles. The SMILES string of the molecule is CCCCn1cnc2sc3c(c2c1=O)CCC(NCc1cccc(C(F)(F)F)c1)C3. The average Bonchev–Trinajstić information content (AvgIpc) is 3.10. The molecule has 160 valence electrons. The summed E-state index contributed by atoms with van der Waals surface area (Å²) >= 11 is 1.56. The standard InChI is InChI=1S/C22H24F3N3OS/c1-2-3-9-28-13-27-20-19(21(28)29)17-8-7-16(11-18(17)30-20)26-12-14-5-4-6-15(10-14)22(23,24)25/h4-6,10,13,16,26H,2-3,7-9,11-12H2,1H3. The van der Waals surface area contributed by atoms with Crippen molar-refractivity contribution in [2.24, 2.45) is 0 Å². The number of fused-ring (bicyclic) bond motifs is 3. The fraction of sp³-hybridized carbons (Fsp3) is 0.455. The Morgan fingerprint density at radius 2 is 2.17 bits per heavy atom. The van der Waals surface area contributed by atoms with E-state index in [4.69, 9.17) is 0 Å². The molecule has 0 saturated heterocycles. The third kappa shape index (κ3) is 4.30. The smallest absolute Gasteiger partial charge is 0.310 e. The highest BCUT2D eigenvalue weighted by Crippen LogP contribution is 2.34. The first-order valence-corrected chi connectivity index (χ1v) is 11.1. The minimum absolute atomic E-state index is 0.0429. The fourth-order valence-electron chi connectivity index (χ4n) is 3.98. The van der Waals surface area contributed by atoms with E-state index >= 15 is 0 Å². The van der Waals surface area contributed by atoms with Gasteiger partial charge in [0, 0.05) is 24.0 Å². The monoisotopic (exact) mass is 435 g/mol. The summed E-state index contributed by atoms with van der Waals surface area (Å²) in [5.41, 5.74) is 1.15. The highest BCUT2D eigenvalue weighted by Gasteiger charge is 2.30. The van der Waals surface area contributed by atoms with Gasteiger partial charge in [0.2, 0.25) is 0 Å². The number of alkyl halides is 3. The zero-order valence-corrected chi connectivity index (χ0v) is 17.6. The van der Waals surface area contributed by atoms with Crippen molar-refractivity contribution in [3.8, 4) is 0 Å². The molecule has 1 unspecified atom stereocenters. The molecule has 0 spiro atoms. The molecule has 2 heterocycles. The maximum absolute atomic E-state index is 12.9. The van der Waals surface area contributed by atoms with E-state index in [1.54, 1.807) is 28.3 Å². The highest BCUT2D eigenvalue weighted by atomic mass is 32.1. The van der Waals surface area contributed by atoms with Crippen LogP contribution >= 0.6 is 11.3 Å². The van der Waals surface area contributed by atoms with Gasteiger partial charge in [0.1, 0.15) is 4.83 Å². The summed E-state index contributed by atoms with van der Waals surface area (Å²) in [6.45, 7) is 3.16. The third-order valence-electron chi connectivity index (χ3n) is 5.64. The van der Waals surface area contributed by atoms with Gasteiger partial charge in [-0.25, -0.2) is 4.98 Å². The predicted octanol–water partition coefficient (Wildman–Crippen LogP) is 4.92. The summed E-state index contributed by atoms with van der Waals surface area (Å²) in [7, 11) is 0. The molecule has 0 saturated carbocycles. The molecule has 1 aliphatic carbocycles. The molecule has 3 aromatic rings. The Bertz CT molecular complexity index is 1100. The predicted molar refractivity (Wildman–Crippen MR) is 113 cm³/mol. The molecule has 0 aliphatic heterocycles. The number of nitrogens with one attached hydrogen (secondary N) is 1. The number of aromatic nitrogens is 2. The van der Waals surface area contributed by atoms with Crippen molar-refractivity contribution in [2.75, 3.05) is 0 Å². The molecule has 1 N–H and O–H groups in total. The van der Waals surface area contributed by atoms with E-state index in [2.05, 4.69) is 17.2 Å². The van der Waals surface area contributed by atoms with E-state index in [-0.39, 0.29) is 11.6 Å². The second kappa shape index (κ2) is 8.51. The van der Waals surface area contributed by atoms with Crippen molar-refractivity contribution in [1.82, 2.24) is 14.9 Å². The highest BCUT2D eigenvalue weighted by molar-refractivity contribution is 7.18. The Labute approximate surface area is 176 Å². The molecule has 0 bridgehead atoms. The van der Waals surface area contributed by atoms with Crippen LogP contribution in [0.1, 0.15) is 47.8 Å². The third-order valence-corrected chi connectivity index (χ3v) is 6.80. The van der Waals surface area contributed by atoms with Gasteiger partial charge in [0.25, 0.3) is 5.56 Å². The summed E-state index contributed by atoms with van der Waals surface area (Å²) in [5.74, 6) is 0. The molecule has 30 heavy (non-hydrogen) atoms. The van der Waals surface area contributed by atoms with Crippen molar-refractivity contribution in [2.45, 2.75) is 64.3 Å². The molecule has 1 atom stereocenters.